The highest BCUT2D eigenvalue weighted by Gasteiger charge is 2.20. The van der Waals surface area contributed by atoms with Crippen LogP contribution >= 0.6 is 0 Å². The highest BCUT2D eigenvalue weighted by Crippen LogP contribution is 2.32. The van der Waals surface area contributed by atoms with E-state index in [-0.39, 0.29) is 23.2 Å². The first kappa shape index (κ1) is 8.79. The maximum atomic E-state index is 12.8. The molecule has 0 radical (unpaired) electrons. The number of rotatable bonds is 2. The van der Waals surface area contributed by atoms with Crippen molar-refractivity contribution in [1.82, 2.24) is 4.73 Å². The maximum Gasteiger partial charge on any atom is 0.283 e. The molecule has 4 heteroatoms. The molecule has 0 bridgehead atoms. The quantitative estimate of drug-likeness (QED) is 0.789. The van der Waals surface area contributed by atoms with Crippen LogP contribution in [-0.2, 0) is 6.67 Å². The van der Waals surface area contributed by atoms with Crippen LogP contribution < -0.4 is 5.56 Å². The van der Waals surface area contributed by atoms with Gasteiger partial charge in [0.1, 0.15) is 6.67 Å². The lowest BCUT2D eigenvalue weighted by Gasteiger charge is -2.23. The summed E-state index contributed by atoms with van der Waals surface area (Å²) in [5.41, 5.74) is -0.978. The molecule has 1 saturated carbocycles. The van der Waals surface area contributed by atoms with Gasteiger partial charge < -0.3 is 5.21 Å². The lowest BCUT2D eigenvalue weighted by atomic mass is 9.86. The molecular weight excluding hydrogens is 209 g/mol. The Hall–Kier alpha value is -1.32. The smallest absolute Gasteiger partial charge is 0.283 e. The molecule has 0 spiro atoms. The van der Waals surface area contributed by atoms with Crippen LogP contribution in [-0.4, -0.2) is 9.94 Å². The fraction of sp³-hybridized carbons (Fsp3) is 0.583. The lowest BCUT2D eigenvalue weighted by molar-refractivity contribution is 0.156. The first-order chi connectivity index (χ1) is 8.57. The van der Waals surface area contributed by atoms with Gasteiger partial charge in [0.2, 0.25) is 0 Å². The van der Waals surface area contributed by atoms with Gasteiger partial charge in [-0.3, -0.25) is 4.79 Å². The highest BCUT2D eigenvalue weighted by atomic mass is 19.1. The van der Waals surface area contributed by atoms with Crippen LogP contribution in [0, 0.1) is 0 Å². The number of pyridine rings is 1. The number of hydrogen-bond acceptors (Lipinski definition) is 2. The third-order valence-corrected chi connectivity index (χ3v) is 3.08. The second kappa shape index (κ2) is 4.68. The van der Waals surface area contributed by atoms with Crippen LogP contribution in [0.15, 0.2) is 16.9 Å². The Bertz CT molecular complexity index is 510. The number of hydrogen-bond donors (Lipinski definition) is 1. The Balaban J connectivity index is 2.58. The van der Waals surface area contributed by atoms with Gasteiger partial charge in [-0.15, -0.1) is 0 Å². The van der Waals surface area contributed by atoms with Crippen LogP contribution in [0.2, 0.25) is 0 Å². The average molecular weight is 227 g/mol. The van der Waals surface area contributed by atoms with E-state index < -0.39 is 18.3 Å². The molecule has 0 unspecified atom stereocenters. The number of aromatic nitrogens is 1. The summed E-state index contributed by atoms with van der Waals surface area (Å²) in [6, 6.07) is -0.818. The molecule has 0 atom stereocenters. The molecule has 88 valence electrons. The Kier molecular flexibility index (Phi) is 2.57. The first-order valence-corrected chi connectivity index (χ1v) is 5.58. The van der Waals surface area contributed by atoms with Crippen LogP contribution in [0.3, 0.4) is 0 Å². The topological polar surface area (TPSA) is 42.2 Å². The largest absolute Gasteiger partial charge is 0.425 e. The number of nitrogens with zero attached hydrogens (tertiary/aromatic N) is 1. The monoisotopic (exact) mass is 227 g/mol. The molecule has 1 fully saturated rings. The molecule has 0 aromatic carbocycles. The zero-order chi connectivity index (χ0) is 13.3. The minimum Gasteiger partial charge on any atom is -0.425 e. The van der Waals surface area contributed by atoms with Gasteiger partial charge in [-0.1, -0.05) is 19.3 Å². The summed E-state index contributed by atoms with van der Waals surface area (Å²) in [4.78, 5) is 11.6. The Labute approximate surface area is 96.3 Å². The molecule has 2 rings (SSSR count). The van der Waals surface area contributed by atoms with Crippen LogP contribution in [0.1, 0.15) is 52.0 Å². The van der Waals surface area contributed by atoms with Crippen LogP contribution in [0.25, 0.3) is 0 Å². The van der Waals surface area contributed by atoms with Crippen molar-refractivity contribution in [2.75, 3.05) is 0 Å². The van der Waals surface area contributed by atoms with E-state index in [1.807, 2.05) is 0 Å². The highest BCUT2D eigenvalue weighted by molar-refractivity contribution is 5.20. The summed E-state index contributed by atoms with van der Waals surface area (Å²) in [6.45, 7) is -1.02. The van der Waals surface area contributed by atoms with E-state index in [4.69, 9.17) is 2.74 Å². The maximum absolute atomic E-state index is 12.8. The molecule has 1 aliphatic carbocycles. The SMILES string of the molecule is [2H]c1c(CF)c([2H])c(=O)n(O)c1C1CCCCC1. The van der Waals surface area contributed by atoms with Crippen molar-refractivity contribution in [1.29, 1.82) is 0 Å². The normalized spacial score (nSPS) is 19.3. The second-order valence-electron chi connectivity index (χ2n) is 4.20. The zero-order valence-electron chi connectivity index (χ0n) is 11.0. The number of halogens is 1. The van der Waals surface area contributed by atoms with Crippen molar-refractivity contribution in [2.45, 2.75) is 44.7 Å². The van der Waals surface area contributed by atoms with Crippen molar-refractivity contribution < 1.29 is 12.3 Å². The predicted octanol–water partition coefficient (Wildman–Crippen LogP) is 2.60. The van der Waals surface area contributed by atoms with Crippen LogP contribution in [0.5, 0.6) is 0 Å². The van der Waals surface area contributed by atoms with Gasteiger partial charge in [0.05, 0.1) is 8.44 Å². The molecule has 1 N–H and O–H groups in total. The fourth-order valence-corrected chi connectivity index (χ4v) is 2.25. The fourth-order valence-electron chi connectivity index (χ4n) is 2.25. The minimum atomic E-state index is -1.02. The van der Waals surface area contributed by atoms with Crippen molar-refractivity contribution in [3.63, 3.8) is 0 Å². The summed E-state index contributed by atoms with van der Waals surface area (Å²) in [5, 5.41) is 9.77. The van der Waals surface area contributed by atoms with E-state index in [0.717, 1.165) is 32.1 Å². The van der Waals surface area contributed by atoms with Crippen molar-refractivity contribution in [2.24, 2.45) is 0 Å². The van der Waals surface area contributed by atoms with Crippen LogP contribution in [0.4, 0.5) is 4.39 Å². The average Bonchev–Trinajstić information content (AvgIpc) is 2.38. The van der Waals surface area contributed by atoms with E-state index in [0.29, 0.717) is 4.73 Å². The molecule has 3 nitrogen and oxygen atoms in total. The predicted molar refractivity (Wildman–Crippen MR) is 58.5 cm³/mol. The van der Waals surface area contributed by atoms with E-state index >= 15 is 0 Å². The summed E-state index contributed by atoms with van der Waals surface area (Å²) < 4.78 is 28.5. The molecule has 0 saturated heterocycles. The van der Waals surface area contributed by atoms with Gasteiger partial charge in [-0.2, -0.15) is 4.73 Å². The Morgan fingerprint density at radius 1 is 1.44 bits per heavy atom. The first-order valence-electron chi connectivity index (χ1n) is 6.58. The zero-order valence-corrected chi connectivity index (χ0v) is 9.00. The standard InChI is InChI=1S/C12H16FNO2/c13-8-9-6-11(14(16)12(15)7-9)10-4-2-1-3-5-10/h6-7,10,16H,1-5,8H2/i6D,7D. The van der Waals surface area contributed by atoms with Gasteiger partial charge in [0, 0.05) is 12.0 Å². The summed E-state index contributed by atoms with van der Waals surface area (Å²) in [7, 11) is 0. The molecular formula is C12H16FNO2. The Morgan fingerprint density at radius 3 is 2.75 bits per heavy atom. The molecule has 0 aliphatic heterocycles. The van der Waals surface area contributed by atoms with Gasteiger partial charge in [0.15, 0.2) is 0 Å². The third-order valence-electron chi connectivity index (χ3n) is 3.08. The molecule has 1 aromatic rings. The van der Waals surface area contributed by atoms with Gasteiger partial charge in [-0.25, -0.2) is 4.39 Å². The molecule has 16 heavy (non-hydrogen) atoms. The molecule has 0 amide bonds. The van der Waals surface area contributed by atoms with Crippen molar-refractivity contribution in [3.05, 3.63) is 33.7 Å². The van der Waals surface area contributed by atoms with Gasteiger partial charge in [0.25, 0.3) is 5.56 Å². The van der Waals surface area contributed by atoms with Crippen molar-refractivity contribution >= 4 is 0 Å². The minimum absolute atomic E-state index is 0.0881. The van der Waals surface area contributed by atoms with Gasteiger partial charge in [-0.05, 0) is 24.4 Å². The van der Waals surface area contributed by atoms with Crippen molar-refractivity contribution in [3.8, 4) is 0 Å². The third kappa shape index (κ3) is 2.10. The van der Waals surface area contributed by atoms with E-state index in [9.17, 15) is 14.4 Å². The second-order valence-corrected chi connectivity index (χ2v) is 4.20. The van der Waals surface area contributed by atoms with E-state index in [2.05, 4.69) is 0 Å². The summed E-state index contributed by atoms with van der Waals surface area (Å²) >= 11 is 0. The lowest BCUT2D eigenvalue weighted by Crippen LogP contribution is -2.24. The summed E-state index contributed by atoms with van der Waals surface area (Å²) in [5.74, 6) is -0.0881. The van der Waals surface area contributed by atoms with E-state index in [1.165, 1.54) is 0 Å². The van der Waals surface area contributed by atoms with E-state index in [1.54, 1.807) is 0 Å². The molecule has 1 aliphatic rings. The Morgan fingerprint density at radius 2 is 2.12 bits per heavy atom. The van der Waals surface area contributed by atoms with Gasteiger partial charge >= 0.3 is 0 Å². The molecule has 1 heterocycles. The summed E-state index contributed by atoms with van der Waals surface area (Å²) in [6.07, 6.45) is 4.63. The number of alkyl halides is 1. The molecule has 1 aromatic heterocycles.